The highest BCUT2D eigenvalue weighted by Gasteiger charge is 2.23. The molecule has 31 heavy (non-hydrogen) atoms. The molecule has 2 aromatic rings. The highest BCUT2D eigenvalue weighted by atomic mass is 16.5. The number of hydrogen-bond acceptors (Lipinski definition) is 3. The zero-order valence-corrected chi connectivity index (χ0v) is 17.7. The lowest BCUT2D eigenvalue weighted by molar-refractivity contribution is -0.130. The van der Waals surface area contributed by atoms with E-state index in [0.29, 0.717) is 38.3 Å². The van der Waals surface area contributed by atoms with E-state index < -0.39 is 0 Å². The van der Waals surface area contributed by atoms with Crippen LogP contribution < -0.4 is 4.74 Å². The van der Waals surface area contributed by atoms with Gasteiger partial charge in [0.1, 0.15) is 12.4 Å². The van der Waals surface area contributed by atoms with Crippen LogP contribution in [0.25, 0.3) is 11.1 Å². The quantitative estimate of drug-likeness (QED) is 0.502. The van der Waals surface area contributed by atoms with E-state index in [1.165, 1.54) is 11.1 Å². The number of hydrogen-bond donors (Lipinski definition) is 0. The average Bonchev–Trinajstić information content (AvgIpc) is 2.81. The molecule has 0 bridgehead atoms. The lowest BCUT2D eigenvalue weighted by Crippen LogP contribution is -2.50. The Bertz CT molecular complexity index is 1000. The minimum atomic E-state index is 0.0127. The van der Waals surface area contributed by atoms with Crippen LogP contribution in [-0.4, -0.2) is 47.8 Å². The van der Waals surface area contributed by atoms with E-state index in [4.69, 9.17) is 4.74 Å². The molecule has 1 saturated heterocycles. The third-order valence-electron chi connectivity index (χ3n) is 5.58. The molecule has 0 unspecified atom stereocenters. The fraction of sp³-hybridized carbons (Fsp3) is 0.231. The number of para-hydroxylation sites is 1. The largest absolute Gasteiger partial charge is 0.489 e. The predicted molar refractivity (Wildman–Crippen MR) is 121 cm³/mol. The van der Waals surface area contributed by atoms with Crippen LogP contribution in [0.15, 0.2) is 78.9 Å². The monoisotopic (exact) mass is 414 g/mol. The van der Waals surface area contributed by atoms with Crippen LogP contribution in [0.2, 0.25) is 0 Å². The zero-order chi connectivity index (χ0) is 21.6. The number of rotatable bonds is 4. The van der Waals surface area contributed by atoms with Gasteiger partial charge in [-0.1, -0.05) is 54.6 Å². The Morgan fingerprint density at radius 3 is 1.77 bits per heavy atom. The summed E-state index contributed by atoms with van der Waals surface area (Å²) in [6.07, 6.45) is 0. The van der Waals surface area contributed by atoms with Gasteiger partial charge in [0.25, 0.3) is 5.91 Å². The van der Waals surface area contributed by atoms with Crippen LogP contribution in [0.3, 0.4) is 0 Å². The van der Waals surface area contributed by atoms with Crippen LogP contribution in [0, 0.1) is 0 Å². The molecule has 0 aromatic heterocycles. The summed E-state index contributed by atoms with van der Waals surface area (Å²) < 4.78 is 5.71. The average molecular weight is 415 g/mol. The van der Waals surface area contributed by atoms with E-state index in [1.54, 1.807) is 16.7 Å². The minimum Gasteiger partial charge on any atom is -0.489 e. The van der Waals surface area contributed by atoms with Gasteiger partial charge in [0.05, 0.1) is 0 Å². The number of carbonyl (C=O) groups is 2. The van der Waals surface area contributed by atoms with Gasteiger partial charge in [-0.25, -0.2) is 0 Å². The van der Waals surface area contributed by atoms with E-state index in [1.807, 2.05) is 54.6 Å². The van der Waals surface area contributed by atoms with Gasteiger partial charge in [0, 0.05) is 38.7 Å². The molecule has 5 heteroatoms. The molecule has 5 nitrogen and oxygen atoms in total. The SMILES string of the molecule is CC(=O)N1CCN(C(=O)c2ccc(COc3ccccc3)cc2)CC1.c1cc2ccc1-2. The maximum absolute atomic E-state index is 12.6. The second-order valence-corrected chi connectivity index (χ2v) is 7.67. The Balaban J connectivity index is 0.000000325. The lowest BCUT2D eigenvalue weighted by Gasteiger charge is -2.34. The van der Waals surface area contributed by atoms with Gasteiger partial charge >= 0.3 is 0 Å². The molecule has 2 aromatic carbocycles. The summed E-state index contributed by atoms with van der Waals surface area (Å²) in [4.78, 5) is 27.5. The first-order valence-electron chi connectivity index (χ1n) is 10.5. The van der Waals surface area contributed by atoms with Crippen LogP contribution >= 0.6 is 0 Å². The third-order valence-corrected chi connectivity index (χ3v) is 5.58. The first-order valence-corrected chi connectivity index (χ1v) is 10.5. The van der Waals surface area contributed by atoms with Gasteiger partial charge < -0.3 is 14.5 Å². The molecule has 0 N–H and O–H groups in total. The second-order valence-electron chi connectivity index (χ2n) is 7.67. The molecule has 2 aliphatic carbocycles. The van der Waals surface area contributed by atoms with E-state index in [9.17, 15) is 9.59 Å². The zero-order valence-electron chi connectivity index (χ0n) is 17.7. The van der Waals surface area contributed by atoms with Gasteiger partial charge in [0.2, 0.25) is 5.91 Å². The Morgan fingerprint density at radius 2 is 1.29 bits per heavy atom. The number of amides is 2. The van der Waals surface area contributed by atoms with Crippen LogP contribution in [0.4, 0.5) is 0 Å². The Labute approximate surface area is 182 Å². The molecular weight excluding hydrogens is 388 g/mol. The van der Waals surface area contributed by atoms with E-state index in [0.717, 1.165) is 11.3 Å². The molecule has 0 radical (unpaired) electrons. The van der Waals surface area contributed by atoms with Crippen molar-refractivity contribution < 1.29 is 14.3 Å². The molecule has 0 atom stereocenters. The summed E-state index contributed by atoms with van der Waals surface area (Å²) in [5.41, 5.74) is 4.53. The smallest absolute Gasteiger partial charge is 0.253 e. The molecule has 1 aliphatic heterocycles. The van der Waals surface area contributed by atoms with E-state index >= 15 is 0 Å². The maximum Gasteiger partial charge on any atom is 0.253 e. The second kappa shape index (κ2) is 9.47. The number of fused-ring (bicyclic) bond motifs is 1. The van der Waals surface area contributed by atoms with E-state index in [2.05, 4.69) is 24.3 Å². The molecule has 0 spiro atoms. The Kier molecular flexibility index (Phi) is 6.32. The van der Waals surface area contributed by atoms with Crippen molar-refractivity contribution in [1.82, 2.24) is 9.80 Å². The topological polar surface area (TPSA) is 49.9 Å². The fourth-order valence-corrected chi connectivity index (χ4v) is 3.50. The van der Waals surface area contributed by atoms with Crippen molar-refractivity contribution in [2.45, 2.75) is 13.5 Å². The molecule has 5 rings (SSSR count). The maximum atomic E-state index is 12.6. The van der Waals surface area contributed by atoms with Gasteiger partial charge in [0.15, 0.2) is 0 Å². The summed E-state index contributed by atoms with van der Waals surface area (Å²) in [6, 6.07) is 25.6. The number of piperazine rings is 1. The highest BCUT2D eigenvalue weighted by molar-refractivity contribution is 5.94. The number of ether oxygens (including phenoxy) is 1. The molecular formula is C26H26N2O3. The summed E-state index contributed by atoms with van der Waals surface area (Å²) in [5.74, 6) is 0.902. The van der Waals surface area contributed by atoms with Crippen molar-refractivity contribution in [2.24, 2.45) is 0 Å². The standard InChI is InChI=1S/C20H22N2O3.C6H4/c1-16(23)21-11-13-22(14-12-21)20(24)18-9-7-17(8-10-18)15-25-19-5-3-2-4-6-19;1-2-6-4-3-5(1)6/h2-10H,11-15H2,1H3;1-4H. The van der Waals surface area contributed by atoms with Gasteiger partial charge in [-0.15, -0.1) is 0 Å². The van der Waals surface area contributed by atoms with Crippen LogP contribution in [0.1, 0.15) is 22.8 Å². The third kappa shape index (κ3) is 5.12. The predicted octanol–water partition coefficient (Wildman–Crippen LogP) is 4.24. The van der Waals surface area contributed by atoms with Crippen molar-refractivity contribution in [3.8, 4) is 16.9 Å². The van der Waals surface area contributed by atoms with Gasteiger partial charge in [-0.2, -0.15) is 0 Å². The molecule has 1 heterocycles. The number of benzene rings is 3. The molecule has 3 aliphatic rings. The first-order chi connectivity index (χ1) is 15.1. The van der Waals surface area contributed by atoms with Crippen molar-refractivity contribution in [3.63, 3.8) is 0 Å². The van der Waals surface area contributed by atoms with Crippen molar-refractivity contribution in [2.75, 3.05) is 26.2 Å². The van der Waals surface area contributed by atoms with Crippen molar-refractivity contribution in [3.05, 3.63) is 90.0 Å². The molecule has 0 saturated carbocycles. The highest BCUT2D eigenvalue weighted by Crippen LogP contribution is 2.29. The lowest BCUT2D eigenvalue weighted by atomic mass is 9.95. The fourth-order valence-electron chi connectivity index (χ4n) is 3.50. The van der Waals surface area contributed by atoms with Gasteiger partial charge in [-0.3, -0.25) is 9.59 Å². The van der Waals surface area contributed by atoms with Crippen molar-refractivity contribution >= 4 is 11.8 Å². The van der Waals surface area contributed by atoms with Gasteiger partial charge in [-0.05, 0) is 41.0 Å². The summed E-state index contributed by atoms with van der Waals surface area (Å²) >= 11 is 0. The Morgan fingerprint density at radius 1 is 0.742 bits per heavy atom. The van der Waals surface area contributed by atoms with Crippen LogP contribution in [0.5, 0.6) is 5.75 Å². The summed E-state index contributed by atoms with van der Waals surface area (Å²) in [6.45, 7) is 4.40. The normalized spacial score (nSPS) is 13.7. The summed E-state index contributed by atoms with van der Waals surface area (Å²) in [7, 11) is 0. The minimum absolute atomic E-state index is 0.0127. The Hall–Kier alpha value is -3.60. The number of nitrogens with zero attached hydrogens (tertiary/aromatic N) is 2. The van der Waals surface area contributed by atoms with E-state index in [-0.39, 0.29) is 11.8 Å². The van der Waals surface area contributed by atoms with Crippen molar-refractivity contribution in [1.29, 1.82) is 0 Å². The molecule has 158 valence electrons. The molecule has 2 amide bonds. The number of carbonyl (C=O) groups excluding carboxylic acids is 2. The summed E-state index contributed by atoms with van der Waals surface area (Å²) in [5, 5.41) is 0. The first kappa shape index (κ1) is 20.7. The van der Waals surface area contributed by atoms with Crippen LogP contribution in [-0.2, 0) is 11.4 Å². The molecule has 1 fully saturated rings.